The van der Waals surface area contributed by atoms with Crippen LogP contribution in [0.5, 0.6) is 0 Å². The van der Waals surface area contributed by atoms with Crippen LogP contribution in [0.25, 0.3) is 11.6 Å². The lowest BCUT2D eigenvalue weighted by Crippen LogP contribution is -2.47. The van der Waals surface area contributed by atoms with E-state index in [-0.39, 0.29) is 6.54 Å². The molecule has 0 aliphatic carbocycles. The highest BCUT2D eigenvalue weighted by Gasteiger charge is 2.21. The molecule has 8 nitrogen and oxygen atoms in total. The van der Waals surface area contributed by atoms with Crippen LogP contribution < -0.4 is 0 Å². The van der Waals surface area contributed by atoms with E-state index in [4.69, 9.17) is 14.0 Å². The molecule has 0 spiro atoms. The monoisotopic (exact) mass is 292 g/mol. The second-order valence-electron chi connectivity index (χ2n) is 4.94. The largest absolute Gasteiger partial charge is 0.480 e. The van der Waals surface area contributed by atoms with Crippen molar-refractivity contribution in [1.29, 1.82) is 0 Å². The van der Waals surface area contributed by atoms with Gasteiger partial charge in [-0.3, -0.25) is 14.6 Å². The summed E-state index contributed by atoms with van der Waals surface area (Å²) in [5, 5.41) is 12.6. The third-order valence-electron chi connectivity index (χ3n) is 3.39. The number of carboxylic acid groups (broad SMARTS) is 1. The van der Waals surface area contributed by atoms with E-state index in [2.05, 4.69) is 15.0 Å². The number of hydrogen-bond acceptors (Lipinski definition) is 7. The van der Waals surface area contributed by atoms with Crippen molar-refractivity contribution in [3.8, 4) is 11.6 Å². The number of piperazine rings is 1. The van der Waals surface area contributed by atoms with Crippen LogP contribution in [-0.4, -0.2) is 63.7 Å². The maximum Gasteiger partial charge on any atom is 0.317 e. The Morgan fingerprint density at radius 3 is 2.71 bits per heavy atom. The second kappa shape index (κ2) is 6.06. The van der Waals surface area contributed by atoms with Gasteiger partial charge in [0.25, 0.3) is 0 Å². The molecule has 1 N–H and O–H groups in total. The molecule has 0 atom stereocenters. The summed E-state index contributed by atoms with van der Waals surface area (Å²) in [4.78, 5) is 19.0. The predicted octanol–water partition coefficient (Wildman–Crippen LogP) is 0.532. The fraction of sp³-hybridized carbons (Fsp3) is 0.462. The van der Waals surface area contributed by atoms with Crippen molar-refractivity contribution in [2.24, 2.45) is 0 Å². The minimum Gasteiger partial charge on any atom is -0.480 e. The quantitative estimate of drug-likeness (QED) is 0.852. The number of aromatic nitrogens is 2. The molecule has 21 heavy (non-hydrogen) atoms. The van der Waals surface area contributed by atoms with Gasteiger partial charge in [0.05, 0.1) is 19.4 Å². The van der Waals surface area contributed by atoms with Gasteiger partial charge >= 0.3 is 5.97 Å². The number of carboxylic acids is 1. The molecule has 8 heteroatoms. The van der Waals surface area contributed by atoms with Crippen LogP contribution in [0.15, 0.2) is 27.3 Å². The Bertz CT molecular complexity index is 587. The topological polar surface area (TPSA) is 95.8 Å². The lowest BCUT2D eigenvalue weighted by atomic mass is 10.3. The first kappa shape index (κ1) is 13.8. The van der Waals surface area contributed by atoms with Crippen molar-refractivity contribution >= 4 is 5.97 Å². The molecule has 1 saturated heterocycles. The Morgan fingerprint density at radius 1 is 1.29 bits per heavy atom. The van der Waals surface area contributed by atoms with Gasteiger partial charge in [-0.05, 0) is 12.1 Å². The molecular formula is C13H16N4O4. The molecule has 0 amide bonds. The van der Waals surface area contributed by atoms with Crippen LogP contribution in [-0.2, 0) is 11.3 Å². The summed E-state index contributed by atoms with van der Waals surface area (Å²) >= 11 is 0. The standard InChI is InChI=1S/C13H16N4O4/c18-12(19)9-17-5-3-16(4-6-17)8-11-14-13(15-21-11)10-2-1-7-20-10/h1-2,7H,3-6,8-9H2,(H,18,19). The molecule has 1 aliphatic rings. The maximum atomic E-state index is 10.7. The van der Waals surface area contributed by atoms with Crippen molar-refractivity contribution in [2.45, 2.75) is 6.54 Å². The summed E-state index contributed by atoms with van der Waals surface area (Å²) < 4.78 is 10.4. The van der Waals surface area contributed by atoms with E-state index in [0.29, 0.717) is 24.0 Å². The van der Waals surface area contributed by atoms with E-state index in [1.54, 1.807) is 18.4 Å². The first-order valence-electron chi connectivity index (χ1n) is 6.73. The van der Waals surface area contributed by atoms with Crippen LogP contribution in [0, 0.1) is 0 Å². The van der Waals surface area contributed by atoms with Gasteiger partial charge in [-0.15, -0.1) is 0 Å². The van der Waals surface area contributed by atoms with Crippen LogP contribution in [0.3, 0.4) is 0 Å². The molecule has 2 aromatic heterocycles. The fourth-order valence-corrected chi connectivity index (χ4v) is 2.31. The molecule has 0 radical (unpaired) electrons. The third kappa shape index (κ3) is 3.47. The predicted molar refractivity (Wildman–Crippen MR) is 71.4 cm³/mol. The van der Waals surface area contributed by atoms with Gasteiger partial charge < -0.3 is 14.0 Å². The van der Waals surface area contributed by atoms with Gasteiger partial charge in [0.2, 0.25) is 11.7 Å². The molecule has 0 bridgehead atoms. The number of nitrogens with zero attached hydrogens (tertiary/aromatic N) is 4. The van der Waals surface area contributed by atoms with Crippen molar-refractivity contribution in [1.82, 2.24) is 19.9 Å². The molecule has 1 fully saturated rings. The highest BCUT2D eigenvalue weighted by atomic mass is 16.5. The van der Waals surface area contributed by atoms with Gasteiger partial charge in [0, 0.05) is 26.2 Å². The number of hydrogen-bond donors (Lipinski definition) is 1. The first-order chi connectivity index (χ1) is 10.2. The zero-order chi connectivity index (χ0) is 14.7. The van der Waals surface area contributed by atoms with Crippen LogP contribution >= 0.6 is 0 Å². The number of aliphatic carboxylic acids is 1. The average molecular weight is 292 g/mol. The van der Waals surface area contributed by atoms with Crippen LogP contribution in [0.1, 0.15) is 5.89 Å². The molecule has 0 unspecified atom stereocenters. The number of rotatable bonds is 5. The Balaban J connectivity index is 1.53. The number of carbonyl (C=O) groups is 1. The lowest BCUT2D eigenvalue weighted by molar-refractivity contribution is -0.138. The fourth-order valence-electron chi connectivity index (χ4n) is 2.31. The Labute approximate surface area is 120 Å². The summed E-state index contributed by atoms with van der Waals surface area (Å²) in [6.07, 6.45) is 1.56. The summed E-state index contributed by atoms with van der Waals surface area (Å²) in [6, 6.07) is 3.55. The Morgan fingerprint density at radius 2 is 2.05 bits per heavy atom. The van der Waals surface area contributed by atoms with E-state index < -0.39 is 5.97 Å². The van der Waals surface area contributed by atoms with E-state index >= 15 is 0 Å². The van der Waals surface area contributed by atoms with Crippen LogP contribution in [0.4, 0.5) is 0 Å². The molecule has 112 valence electrons. The molecule has 3 rings (SSSR count). The Hall–Kier alpha value is -2.19. The third-order valence-corrected chi connectivity index (χ3v) is 3.39. The minimum absolute atomic E-state index is 0.0943. The zero-order valence-electron chi connectivity index (χ0n) is 11.4. The SMILES string of the molecule is O=C(O)CN1CCN(Cc2nc(-c3ccco3)no2)CC1. The van der Waals surface area contributed by atoms with Gasteiger partial charge in [0.15, 0.2) is 5.76 Å². The lowest BCUT2D eigenvalue weighted by Gasteiger charge is -2.32. The maximum absolute atomic E-state index is 10.7. The molecule has 2 aromatic rings. The average Bonchev–Trinajstić information content (AvgIpc) is 3.11. The second-order valence-corrected chi connectivity index (χ2v) is 4.94. The summed E-state index contributed by atoms with van der Waals surface area (Å²) in [5.74, 6) is 0.771. The molecule has 0 aromatic carbocycles. The number of furan rings is 1. The van der Waals surface area contributed by atoms with Crippen molar-refractivity contribution in [3.05, 3.63) is 24.3 Å². The minimum atomic E-state index is -0.788. The highest BCUT2D eigenvalue weighted by Crippen LogP contribution is 2.16. The van der Waals surface area contributed by atoms with Crippen LogP contribution in [0.2, 0.25) is 0 Å². The van der Waals surface area contributed by atoms with Crippen molar-refractivity contribution < 1.29 is 18.8 Å². The van der Waals surface area contributed by atoms with Gasteiger partial charge in [-0.2, -0.15) is 4.98 Å². The van der Waals surface area contributed by atoms with Crippen molar-refractivity contribution in [3.63, 3.8) is 0 Å². The highest BCUT2D eigenvalue weighted by molar-refractivity contribution is 5.69. The molecule has 1 aliphatic heterocycles. The van der Waals surface area contributed by atoms with E-state index in [0.717, 1.165) is 26.2 Å². The zero-order valence-corrected chi connectivity index (χ0v) is 11.4. The van der Waals surface area contributed by atoms with E-state index in [9.17, 15) is 4.79 Å². The smallest absolute Gasteiger partial charge is 0.317 e. The van der Waals surface area contributed by atoms with Gasteiger partial charge in [-0.1, -0.05) is 5.16 Å². The van der Waals surface area contributed by atoms with E-state index in [1.807, 2.05) is 4.90 Å². The molecule has 0 saturated carbocycles. The summed E-state index contributed by atoms with van der Waals surface area (Å²) in [7, 11) is 0. The first-order valence-corrected chi connectivity index (χ1v) is 6.73. The molecular weight excluding hydrogens is 276 g/mol. The summed E-state index contributed by atoms with van der Waals surface area (Å²) in [5.41, 5.74) is 0. The van der Waals surface area contributed by atoms with E-state index in [1.165, 1.54) is 0 Å². The van der Waals surface area contributed by atoms with Gasteiger partial charge in [-0.25, -0.2) is 0 Å². The normalized spacial score (nSPS) is 17.1. The summed E-state index contributed by atoms with van der Waals surface area (Å²) in [6.45, 7) is 3.68. The van der Waals surface area contributed by atoms with Gasteiger partial charge in [0.1, 0.15) is 0 Å². The van der Waals surface area contributed by atoms with Crippen molar-refractivity contribution in [2.75, 3.05) is 32.7 Å². The molecule has 3 heterocycles. The Kier molecular flexibility index (Phi) is 3.98.